The van der Waals surface area contributed by atoms with Crippen molar-refractivity contribution in [3.8, 4) is 0 Å². The van der Waals surface area contributed by atoms with E-state index in [9.17, 15) is 0 Å². The molecule has 1 saturated heterocycles. The van der Waals surface area contributed by atoms with E-state index in [1.807, 2.05) is 0 Å². The van der Waals surface area contributed by atoms with Gasteiger partial charge in [-0.2, -0.15) is 0 Å². The van der Waals surface area contributed by atoms with Crippen LogP contribution in [0.4, 0.5) is 11.4 Å². The highest BCUT2D eigenvalue weighted by Crippen LogP contribution is 2.22. The first kappa shape index (κ1) is 13.3. The van der Waals surface area contributed by atoms with Crippen LogP contribution in [0.15, 0.2) is 24.3 Å². The number of hydrogen-bond acceptors (Lipinski definition) is 2. The summed E-state index contributed by atoms with van der Waals surface area (Å²) in [6.45, 7) is 6.93. The van der Waals surface area contributed by atoms with Crippen molar-refractivity contribution in [2.75, 3.05) is 23.3 Å². The quantitative estimate of drug-likeness (QED) is 0.834. The number of anilines is 2. The fraction of sp³-hybridized carbons (Fsp3) is 0.625. The molecule has 1 fully saturated rings. The van der Waals surface area contributed by atoms with Crippen molar-refractivity contribution in [3.05, 3.63) is 24.3 Å². The highest BCUT2D eigenvalue weighted by atomic mass is 15.1. The highest BCUT2D eigenvalue weighted by Gasteiger charge is 2.10. The number of hydrogen-bond donors (Lipinski definition) is 1. The molecule has 0 radical (unpaired) electrons. The van der Waals surface area contributed by atoms with E-state index in [0.29, 0.717) is 6.04 Å². The molecule has 1 heterocycles. The van der Waals surface area contributed by atoms with E-state index in [1.165, 1.54) is 56.6 Å². The Kier molecular flexibility index (Phi) is 4.91. The van der Waals surface area contributed by atoms with Gasteiger partial charge < -0.3 is 10.2 Å². The van der Waals surface area contributed by atoms with Crippen LogP contribution in [-0.4, -0.2) is 19.1 Å². The van der Waals surface area contributed by atoms with E-state index in [2.05, 4.69) is 48.3 Å². The minimum atomic E-state index is 0.566. The molecule has 2 nitrogen and oxygen atoms in total. The van der Waals surface area contributed by atoms with Gasteiger partial charge in [-0.15, -0.1) is 0 Å². The minimum Gasteiger partial charge on any atom is -0.383 e. The summed E-state index contributed by atoms with van der Waals surface area (Å²) < 4.78 is 0. The lowest BCUT2D eigenvalue weighted by atomic mass is 10.1. The van der Waals surface area contributed by atoms with E-state index in [4.69, 9.17) is 0 Å². The smallest absolute Gasteiger partial charge is 0.0367 e. The third-order valence-corrected chi connectivity index (χ3v) is 3.72. The Balaban J connectivity index is 1.92. The van der Waals surface area contributed by atoms with Gasteiger partial charge in [-0.25, -0.2) is 0 Å². The highest BCUT2D eigenvalue weighted by molar-refractivity contribution is 5.55. The molecule has 1 aliphatic heterocycles. The van der Waals surface area contributed by atoms with Gasteiger partial charge in [0, 0.05) is 30.5 Å². The maximum absolute atomic E-state index is 3.55. The zero-order valence-electron chi connectivity index (χ0n) is 11.8. The molecule has 1 aliphatic rings. The van der Waals surface area contributed by atoms with Gasteiger partial charge in [-0.05, 0) is 56.9 Å². The van der Waals surface area contributed by atoms with Gasteiger partial charge in [0.1, 0.15) is 0 Å². The number of nitrogens with zero attached hydrogens (tertiary/aromatic N) is 1. The zero-order chi connectivity index (χ0) is 12.8. The summed E-state index contributed by atoms with van der Waals surface area (Å²) in [6, 6.07) is 9.51. The van der Waals surface area contributed by atoms with Crippen LogP contribution in [-0.2, 0) is 0 Å². The van der Waals surface area contributed by atoms with E-state index in [0.717, 1.165) is 0 Å². The Morgan fingerprint density at radius 2 is 1.78 bits per heavy atom. The second kappa shape index (κ2) is 6.67. The Morgan fingerprint density at radius 3 is 2.39 bits per heavy atom. The molecule has 0 saturated carbocycles. The van der Waals surface area contributed by atoms with Crippen molar-refractivity contribution in [1.29, 1.82) is 0 Å². The van der Waals surface area contributed by atoms with Gasteiger partial charge in [-0.1, -0.05) is 13.3 Å². The number of piperidine rings is 1. The molecule has 0 aliphatic carbocycles. The van der Waals surface area contributed by atoms with Crippen molar-refractivity contribution >= 4 is 11.4 Å². The molecule has 1 aromatic rings. The molecular formula is C16H26N2. The Bertz CT molecular complexity index is 339. The molecule has 2 rings (SSSR count). The van der Waals surface area contributed by atoms with E-state index >= 15 is 0 Å². The van der Waals surface area contributed by atoms with Crippen LogP contribution < -0.4 is 10.2 Å². The molecular weight excluding hydrogens is 220 g/mol. The molecule has 1 unspecified atom stereocenters. The number of benzene rings is 1. The summed E-state index contributed by atoms with van der Waals surface area (Å²) >= 11 is 0. The number of rotatable bonds is 5. The lowest BCUT2D eigenvalue weighted by Crippen LogP contribution is -2.29. The molecule has 18 heavy (non-hydrogen) atoms. The lowest BCUT2D eigenvalue weighted by Gasteiger charge is -2.29. The average Bonchev–Trinajstić information content (AvgIpc) is 2.41. The Hall–Kier alpha value is -1.18. The zero-order valence-corrected chi connectivity index (χ0v) is 11.8. The van der Waals surface area contributed by atoms with Gasteiger partial charge in [0.2, 0.25) is 0 Å². The topological polar surface area (TPSA) is 15.3 Å². The van der Waals surface area contributed by atoms with Crippen molar-refractivity contribution < 1.29 is 0 Å². The Labute approximate surface area is 111 Å². The normalized spacial score (nSPS) is 17.6. The maximum Gasteiger partial charge on any atom is 0.0367 e. The SMILES string of the molecule is CCCC(C)Nc1ccc(N2CCCCC2)cc1. The predicted octanol–water partition coefficient (Wildman–Crippen LogP) is 4.28. The summed E-state index contributed by atoms with van der Waals surface area (Å²) in [6.07, 6.45) is 6.54. The molecule has 0 amide bonds. The third kappa shape index (κ3) is 3.66. The van der Waals surface area contributed by atoms with Gasteiger partial charge >= 0.3 is 0 Å². The predicted molar refractivity (Wildman–Crippen MR) is 80.5 cm³/mol. The first-order valence-corrected chi connectivity index (χ1v) is 7.41. The summed E-state index contributed by atoms with van der Waals surface area (Å²) in [5, 5.41) is 3.55. The van der Waals surface area contributed by atoms with Gasteiger partial charge in [-0.3, -0.25) is 0 Å². The maximum atomic E-state index is 3.55. The van der Waals surface area contributed by atoms with Crippen molar-refractivity contribution in [2.24, 2.45) is 0 Å². The molecule has 1 N–H and O–H groups in total. The fourth-order valence-corrected chi connectivity index (χ4v) is 2.71. The second-order valence-corrected chi connectivity index (χ2v) is 5.43. The van der Waals surface area contributed by atoms with Crippen molar-refractivity contribution in [2.45, 2.75) is 52.0 Å². The van der Waals surface area contributed by atoms with Crippen LogP contribution in [0.25, 0.3) is 0 Å². The lowest BCUT2D eigenvalue weighted by molar-refractivity contribution is 0.578. The van der Waals surface area contributed by atoms with E-state index in [1.54, 1.807) is 0 Å². The molecule has 0 bridgehead atoms. The monoisotopic (exact) mass is 246 g/mol. The third-order valence-electron chi connectivity index (χ3n) is 3.72. The van der Waals surface area contributed by atoms with E-state index < -0.39 is 0 Å². The molecule has 2 heteroatoms. The summed E-state index contributed by atoms with van der Waals surface area (Å²) in [5.41, 5.74) is 2.63. The first-order valence-electron chi connectivity index (χ1n) is 7.41. The summed E-state index contributed by atoms with van der Waals surface area (Å²) in [4.78, 5) is 2.50. The van der Waals surface area contributed by atoms with Crippen molar-refractivity contribution in [3.63, 3.8) is 0 Å². The first-order chi connectivity index (χ1) is 8.79. The second-order valence-electron chi connectivity index (χ2n) is 5.43. The average molecular weight is 246 g/mol. The van der Waals surface area contributed by atoms with Crippen LogP contribution in [0.3, 0.4) is 0 Å². The molecule has 0 spiro atoms. The number of nitrogens with one attached hydrogen (secondary N) is 1. The summed E-state index contributed by atoms with van der Waals surface area (Å²) in [7, 11) is 0. The van der Waals surface area contributed by atoms with Gasteiger partial charge in [0.15, 0.2) is 0 Å². The van der Waals surface area contributed by atoms with E-state index in [-0.39, 0.29) is 0 Å². The van der Waals surface area contributed by atoms with Gasteiger partial charge in [0.25, 0.3) is 0 Å². The van der Waals surface area contributed by atoms with Crippen LogP contribution in [0, 0.1) is 0 Å². The van der Waals surface area contributed by atoms with Crippen molar-refractivity contribution in [1.82, 2.24) is 0 Å². The fourth-order valence-electron chi connectivity index (χ4n) is 2.71. The van der Waals surface area contributed by atoms with Crippen LogP contribution in [0.1, 0.15) is 46.0 Å². The summed E-state index contributed by atoms with van der Waals surface area (Å²) in [5.74, 6) is 0. The Morgan fingerprint density at radius 1 is 1.11 bits per heavy atom. The molecule has 1 aromatic carbocycles. The molecule has 100 valence electrons. The minimum absolute atomic E-state index is 0.566. The van der Waals surface area contributed by atoms with Crippen LogP contribution in [0.2, 0.25) is 0 Å². The molecule has 0 aromatic heterocycles. The largest absolute Gasteiger partial charge is 0.383 e. The van der Waals surface area contributed by atoms with Crippen LogP contribution >= 0.6 is 0 Å². The van der Waals surface area contributed by atoms with Gasteiger partial charge in [0.05, 0.1) is 0 Å². The standard InChI is InChI=1S/C16H26N2/c1-3-7-14(2)17-15-8-10-16(11-9-15)18-12-5-4-6-13-18/h8-11,14,17H,3-7,12-13H2,1-2H3. The van der Waals surface area contributed by atoms with Crippen LogP contribution in [0.5, 0.6) is 0 Å². The molecule has 1 atom stereocenters.